The lowest BCUT2D eigenvalue weighted by molar-refractivity contribution is -0.385. The fourth-order valence-corrected chi connectivity index (χ4v) is 1.70. The number of nitro groups is 1. The van der Waals surface area contributed by atoms with Gasteiger partial charge < -0.3 is 10.4 Å². The second-order valence-electron chi connectivity index (χ2n) is 4.35. The van der Waals surface area contributed by atoms with Crippen LogP contribution in [0.2, 0.25) is 0 Å². The van der Waals surface area contributed by atoms with Gasteiger partial charge in [-0.3, -0.25) is 10.1 Å². The van der Waals surface area contributed by atoms with Crippen LogP contribution in [0.1, 0.15) is 19.3 Å². The van der Waals surface area contributed by atoms with E-state index in [2.05, 4.69) is 15.3 Å². The van der Waals surface area contributed by atoms with Crippen LogP contribution in [0.25, 0.3) is 0 Å². The summed E-state index contributed by atoms with van der Waals surface area (Å²) in [4.78, 5) is 17.6. The van der Waals surface area contributed by atoms with Crippen molar-refractivity contribution in [1.29, 1.82) is 0 Å². The van der Waals surface area contributed by atoms with E-state index in [1.54, 1.807) is 0 Å². The molecule has 0 saturated heterocycles. The third-order valence-electron chi connectivity index (χ3n) is 3.07. The van der Waals surface area contributed by atoms with Crippen LogP contribution in [-0.4, -0.2) is 33.1 Å². The van der Waals surface area contributed by atoms with E-state index >= 15 is 0 Å². The van der Waals surface area contributed by atoms with Gasteiger partial charge in [0.2, 0.25) is 5.95 Å². The standard InChI is InChI=1S/C10H14N4O3/c15-4-3-10(1-2-10)7-13-9-11-5-8(6-12-9)14(16)17/h5-6,15H,1-4,7H2,(H,11,12,13). The van der Waals surface area contributed by atoms with E-state index in [1.807, 2.05) is 0 Å². The largest absolute Gasteiger partial charge is 0.396 e. The fraction of sp³-hybridized carbons (Fsp3) is 0.600. The SMILES string of the molecule is O=[N+]([O-])c1cnc(NCC2(CCO)CC2)nc1. The quantitative estimate of drug-likeness (QED) is 0.565. The van der Waals surface area contributed by atoms with Crippen LogP contribution in [0.3, 0.4) is 0 Å². The topological polar surface area (TPSA) is 101 Å². The average Bonchev–Trinajstić information content (AvgIpc) is 3.08. The molecule has 0 bridgehead atoms. The molecule has 0 amide bonds. The van der Waals surface area contributed by atoms with Gasteiger partial charge in [0, 0.05) is 13.2 Å². The van der Waals surface area contributed by atoms with Gasteiger partial charge in [-0.1, -0.05) is 0 Å². The van der Waals surface area contributed by atoms with Gasteiger partial charge in [-0.05, 0) is 24.7 Å². The van der Waals surface area contributed by atoms with Crippen molar-refractivity contribution < 1.29 is 10.0 Å². The van der Waals surface area contributed by atoms with E-state index in [-0.39, 0.29) is 17.7 Å². The predicted molar refractivity (Wildman–Crippen MR) is 60.5 cm³/mol. The van der Waals surface area contributed by atoms with Crippen LogP contribution in [-0.2, 0) is 0 Å². The average molecular weight is 238 g/mol. The number of aliphatic hydroxyl groups is 1. The Kier molecular flexibility index (Phi) is 3.19. The Morgan fingerprint density at radius 3 is 2.59 bits per heavy atom. The minimum atomic E-state index is -0.530. The molecule has 2 N–H and O–H groups in total. The predicted octanol–water partition coefficient (Wildman–Crippen LogP) is 0.959. The highest BCUT2D eigenvalue weighted by molar-refractivity contribution is 5.31. The first-order valence-electron chi connectivity index (χ1n) is 5.46. The zero-order chi connectivity index (χ0) is 12.3. The highest BCUT2D eigenvalue weighted by Gasteiger charge is 2.41. The monoisotopic (exact) mass is 238 g/mol. The van der Waals surface area contributed by atoms with E-state index in [4.69, 9.17) is 5.11 Å². The number of hydrogen-bond donors (Lipinski definition) is 2. The maximum Gasteiger partial charge on any atom is 0.305 e. The van der Waals surface area contributed by atoms with Crippen molar-refractivity contribution in [2.45, 2.75) is 19.3 Å². The molecule has 7 heteroatoms. The lowest BCUT2D eigenvalue weighted by atomic mass is 10.0. The Morgan fingerprint density at radius 2 is 2.12 bits per heavy atom. The molecule has 0 atom stereocenters. The zero-order valence-corrected chi connectivity index (χ0v) is 9.30. The first-order valence-corrected chi connectivity index (χ1v) is 5.46. The molecule has 1 aromatic heterocycles. The summed E-state index contributed by atoms with van der Waals surface area (Å²) in [5.74, 6) is 0.389. The number of anilines is 1. The van der Waals surface area contributed by atoms with Gasteiger partial charge in [-0.2, -0.15) is 0 Å². The van der Waals surface area contributed by atoms with Crippen LogP contribution in [0.5, 0.6) is 0 Å². The highest BCUT2D eigenvalue weighted by Crippen LogP contribution is 2.48. The van der Waals surface area contributed by atoms with Crippen molar-refractivity contribution in [2.24, 2.45) is 5.41 Å². The first-order chi connectivity index (χ1) is 8.15. The normalized spacial score (nSPS) is 16.5. The molecule has 0 aromatic carbocycles. The zero-order valence-electron chi connectivity index (χ0n) is 9.30. The van der Waals surface area contributed by atoms with Crippen LogP contribution in [0, 0.1) is 15.5 Å². The summed E-state index contributed by atoms with van der Waals surface area (Å²) in [5, 5.41) is 22.3. The lowest BCUT2D eigenvalue weighted by Crippen LogP contribution is -2.18. The molecule has 1 aliphatic carbocycles. The molecule has 7 nitrogen and oxygen atoms in total. The Balaban J connectivity index is 1.89. The molecule has 1 fully saturated rings. The number of hydrogen-bond acceptors (Lipinski definition) is 6. The van der Waals surface area contributed by atoms with Crippen molar-refractivity contribution in [1.82, 2.24) is 9.97 Å². The summed E-state index contributed by atoms with van der Waals surface area (Å²) in [6, 6.07) is 0. The maximum absolute atomic E-state index is 10.4. The van der Waals surface area contributed by atoms with Gasteiger partial charge >= 0.3 is 5.69 Å². The number of aliphatic hydroxyl groups excluding tert-OH is 1. The van der Waals surface area contributed by atoms with E-state index in [9.17, 15) is 10.1 Å². The van der Waals surface area contributed by atoms with Crippen LogP contribution < -0.4 is 5.32 Å². The number of rotatable bonds is 6. The molecule has 0 spiro atoms. The van der Waals surface area contributed by atoms with Crippen molar-refractivity contribution in [3.8, 4) is 0 Å². The Bertz CT molecular complexity index is 403. The summed E-state index contributed by atoms with van der Waals surface area (Å²) in [6.45, 7) is 0.883. The van der Waals surface area contributed by atoms with Gasteiger partial charge in [0.15, 0.2) is 0 Å². The van der Waals surface area contributed by atoms with Gasteiger partial charge in [0.1, 0.15) is 12.4 Å². The smallest absolute Gasteiger partial charge is 0.305 e. The summed E-state index contributed by atoms with van der Waals surface area (Å²) in [7, 11) is 0. The van der Waals surface area contributed by atoms with E-state index in [1.165, 1.54) is 12.4 Å². The number of aromatic nitrogens is 2. The summed E-state index contributed by atoms with van der Waals surface area (Å²) in [6.07, 6.45) is 5.32. The van der Waals surface area contributed by atoms with Gasteiger partial charge in [-0.25, -0.2) is 9.97 Å². The van der Waals surface area contributed by atoms with Crippen LogP contribution >= 0.6 is 0 Å². The van der Waals surface area contributed by atoms with Crippen molar-refractivity contribution in [3.63, 3.8) is 0 Å². The Hall–Kier alpha value is -1.76. The lowest BCUT2D eigenvalue weighted by Gasteiger charge is -2.13. The third-order valence-corrected chi connectivity index (χ3v) is 3.07. The van der Waals surface area contributed by atoms with E-state index < -0.39 is 4.92 Å². The molecule has 1 saturated carbocycles. The maximum atomic E-state index is 10.4. The molecule has 0 unspecified atom stereocenters. The Labute approximate surface area is 98.1 Å². The number of nitrogens with zero attached hydrogens (tertiary/aromatic N) is 3. The van der Waals surface area contributed by atoms with E-state index in [0.29, 0.717) is 12.5 Å². The molecule has 17 heavy (non-hydrogen) atoms. The second-order valence-corrected chi connectivity index (χ2v) is 4.35. The second kappa shape index (κ2) is 4.62. The minimum absolute atomic E-state index is 0.118. The highest BCUT2D eigenvalue weighted by atomic mass is 16.6. The molecule has 1 aromatic rings. The molecule has 1 aliphatic rings. The van der Waals surface area contributed by atoms with Gasteiger partial charge in [-0.15, -0.1) is 0 Å². The summed E-state index contributed by atoms with van der Waals surface area (Å²) in [5.41, 5.74) is 0.0481. The molecule has 0 radical (unpaired) electrons. The van der Waals surface area contributed by atoms with Crippen molar-refractivity contribution in [2.75, 3.05) is 18.5 Å². The molecule has 1 heterocycles. The molecule has 0 aliphatic heterocycles. The van der Waals surface area contributed by atoms with Gasteiger partial charge in [0.05, 0.1) is 4.92 Å². The van der Waals surface area contributed by atoms with Crippen LogP contribution in [0.15, 0.2) is 12.4 Å². The molecular formula is C10H14N4O3. The summed E-state index contributed by atoms with van der Waals surface area (Å²) < 4.78 is 0. The third kappa shape index (κ3) is 2.88. The molecular weight excluding hydrogens is 224 g/mol. The molecule has 2 rings (SSSR count). The van der Waals surface area contributed by atoms with Crippen molar-refractivity contribution >= 4 is 11.6 Å². The number of nitrogens with one attached hydrogen (secondary N) is 1. The fourth-order valence-electron chi connectivity index (χ4n) is 1.70. The minimum Gasteiger partial charge on any atom is -0.396 e. The van der Waals surface area contributed by atoms with Crippen LogP contribution in [0.4, 0.5) is 11.6 Å². The van der Waals surface area contributed by atoms with E-state index in [0.717, 1.165) is 19.3 Å². The van der Waals surface area contributed by atoms with Gasteiger partial charge in [0.25, 0.3) is 0 Å². The van der Waals surface area contributed by atoms with Crippen molar-refractivity contribution in [3.05, 3.63) is 22.5 Å². The Morgan fingerprint density at radius 1 is 1.47 bits per heavy atom. The first kappa shape index (κ1) is 11.7. The summed E-state index contributed by atoms with van der Waals surface area (Å²) >= 11 is 0. The molecule has 92 valence electrons.